The highest BCUT2D eigenvalue weighted by molar-refractivity contribution is 6.42. The third kappa shape index (κ3) is 5.62. The molecule has 1 saturated heterocycles. The van der Waals surface area contributed by atoms with Crippen LogP contribution in [0.4, 0.5) is 10.5 Å². The van der Waals surface area contributed by atoms with Crippen LogP contribution in [0.2, 0.25) is 10.0 Å². The van der Waals surface area contributed by atoms with Crippen molar-refractivity contribution >= 4 is 45.8 Å². The van der Waals surface area contributed by atoms with Crippen molar-refractivity contribution in [2.75, 3.05) is 45.2 Å². The Kier molecular flexibility index (Phi) is 8.28. The normalized spacial score (nSPS) is 15.4. The van der Waals surface area contributed by atoms with E-state index in [2.05, 4.69) is 17.1 Å². The number of amides is 2. The first-order valence-electron chi connectivity index (χ1n) is 11.7. The molecular formula is C25H29Cl2N5O3. The number of rotatable bonds is 7. The average Bonchev–Trinajstić information content (AvgIpc) is 2.87. The number of hydrogen-bond acceptors (Lipinski definition) is 5. The molecule has 35 heavy (non-hydrogen) atoms. The smallest absolute Gasteiger partial charge is 0.321 e. The standard InChI is InChI=1S/C25H29Cl2N5O3/c1-3-22(23-29-21-7-5-4-6-18(21)24(33)32(23)14-15-35-2)30-10-12-31(13-11-30)25(34)28-17-8-9-19(26)20(27)16-17/h4-9,16,22H,3,10-15H2,1-2H3,(H,28,34). The molecule has 186 valence electrons. The summed E-state index contributed by atoms with van der Waals surface area (Å²) in [4.78, 5) is 35.1. The van der Waals surface area contributed by atoms with E-state index in [4.69, 9.17) is 32.9 Å². The van der Waals surface area contributed by atoms with Gasteiger partial charge in [0.1, 0.15) is 5.82 Å². The number of benzene rings is 2. The van der Waals surface area contributed by atoms with Gasteiger partial charge in [0, 0.05) is 39.0 Å². The number of hydrogen-bond donors (Lipinski definition) is 1. The number of carbonyl (C=O) groups is 1. The first-order chi connectivity index (χ1) is 16.9. The minimum atomic E-state index is -0.183. The molecule has 1 aliphatic rings. The molecule has 0 bridgehead atoms. The first-order valence-corrected chi connectivity index (χ1v) is 12.4. The number of ether oxygens (including phenoxy) is 1. The van der Waals surface area contributed by atoms with Gasteiger partial charge in [-0.3, -0.25) is 14.3 Å². The Morgan fingerprint density at radius 2 is 1.86 bits per heavy atom. The molecule has 2 aromatic carbocycles. The summed E-state index contributed by atoms with van der Waals surface area (Å²) in [5, 5.41) is 4.32. The molecular weight excluding hydrogens is 489 g/mol. The Balaban J connectivity index is 1.51. The summed E-state index contributed by atoms with van der Waals surface area (Å²) >= 11 is 12.0. The van der Waals surface area contributed by atoms with Gasteiger partial charge in [-0.1, -0.05) is 42.3 Å². The number of anilines is 1. The van der Waals surface area contributed by atoms with Crippen molar-refractivity contribution in [1.29, 1.82) is 0 Å². The SMILES string of the molecule is CCC(c1nc2ccccc2c(=O)n1CCOC)N1CCN(C(=O)Nc2ccc(Cl)c(Cl)c2)CC1. The Hall–Kier alpha value is -2.65. The maximum atomic E-state index is 13.3. The van der Waals surface area contributed by atoms with Crippen molar-refractivity contribution in [2.45, 2.75) is 25.9 Å². The summed E-state index contributed by atoms with van der Waals surface area (Å²) in [7, 11) is 1.62. The zero-order chi connectivity index (χ0) is 24.9. The van der Waals surface area contributed by atoms with Gasteiger partial charge in [0.05, 0.1) is 40.1 Å². The molecule has 10 heteroatoms. The predicted octanol–water partition coefficient (Wildman–Crippen LogP) is 4.65. The van der Waals surface area contributed by atoms with Gasteiger partial charge < -0.3 is 15.0 Å². The van der Waals surface area contributed by atoms with Crippen molar-refractivity contribution in [3.63, 3.8) is 0 Å². The van der Waals surface area contributed by atoms with E-state index < -0.39 is 0 Å². The Morgan fingerprint density at radius 1 is 1.11 bits per heavy atom. The summed E-state index contributed by atoms with van der Waals surface area (Å²) in [6, 6.07) is 12.2. The molecule has 1 aromatic heterocycles. The molecule has 4 rings (SSSR count). The van der Waals surface area contributed by atoms with Gasteiger partial charge in [-0.25, -0.2) is 9.78 Å². The number of nitrogens with one attached hydrogen (secondary N) is 1. The molecule has 0 radical (unpaired) electrons. The van der Waals surface area contributed by atoms with Crippen LogP contribution in [0.15, 0.2) is 47.3 Å². The summed E-state index contributed by atoms with van der Waals surface area (Å²) in [6.45, 7) is 5.40. The van der Waals surface area contributed by atoms with E-state index in [9.17, 15) is 9.59 Å². The molecule has 3 aromatic rings. The molecule has 1 N–H and O–H groups in total. The highest BCUT2D eigenvalue weighted by atomic mass is 35.5. The van der Waals surface area contributed by atoms with E-state index in [0.29, 0.717) is 66.0 Å². The third-order valence-corrected chi connectivity index (χ3v) is 7.05. The number of piperazine rings is 1. The van der Waals surface area contributed by atoms with Crippen LogP contribution in [0.3, 0.4) is 0 Å². The van der Waals surface area contributed by atoms with E-state index in [1.807, 2.05) is 24.3 Å². The fourth-order valence-corrected chi connectivity index (χ4v) is 4.75. The number of halogens is 2. The fraction of sp³-hybridized carbons (Fsp3) is 0.400. The average molecular weight is 518 g/mol. The van der Waals surface area contributed by atoms with Crippen LogP contribution in [-0.4, -0.2) is 65.3 Å². The van der Waals surface area contributed by atoms with Gasteiger partial charge in [-0.15, -0.1) is 0 Å². The maximum Gasteiger partial charge on any atom is 0.321 e. The van der Waals surface area contributed by atoms with Crippen molar-refractivity contribution < 1.29 is 9.53 Å². The zero-order valence-corrected chi connectivity index (χ0v) is 21.3. The lowest BCUT2D eigenvalue weighted by atomic mass is 10.1. The number of carbonyl (C=O) groups excluding carboxylic acids is 1. The fourth-order valence-electron chi connectivity index (χ4n) is 4.46. The molecule has 0 saturated carbocycles. The van der Waals surface area contributed by atoms with Crippen LogP contribution in [0.1, 0.15) is 25.2 Å². The van der Waals surface area contributed by atoms with Crippen LogP contribution in [0.5, 0.6) is 0 Å². The molecule has 0 aliphatic carbocycles. The minimum Gasteiger partial charge on any atom is -0.383 e. The zero-order valence-electron chi connectivity index (χ0n) is 19.8. The Bertz CT molecular complexity index is 1260. The lowest BCUT2D eigenvalue weighted by Gasteiger charge is -2.39. The van der Waals surface area contributed by atoms with E-state index in [1.54, 1.807) is 34.8 Å². The molecule has 2 heterocycles. The van der Waals surface area contributed by atoms with E-state index in [0.717, 1.165) is 12.2 Å². The van der Waals surface area contributed by atoms with Crippen LogP contribution in [0.25, 0.3) is 10.9 Å². The monoisotopic (exact) mass is 517 g/mol. The minimum absolute atomic E-state index is 0.0514. The number of urea groups is 1. The summed E-state index contributed by atoms with van der Waals surface area (Å²) < 4.78 is 7.00. The molecule has 2 amide bonds. The van der Waals surface area contributed by atoms with E-state index in [1.165, 1.54) is 0 Å². The van der Waals surface area contributed by atoms with Gasteiger partial charge in [0.25, 0.3) is 5.56 Å². The highest BCUT2D eigenvalue weighted by Gasteiger charge is 2.29. The van der Waals surface area contributed by atoms with Crippen LogP contribution in [0, 0.1) is 0 Å². The quantitative estimate of drug-likeness (QED) is 0.493. The second-order valence-electron chi connectivity index (χ2n) is 8.44. The van der Waals surface area contributed by atoms with Crippen LogP contribution < -0.4 is 10.9 Å². The largest absolute Gasteiger partial charge is 0.383 e. The maximum absolute atomic E-state index is 13.3. The number of fused-ring (bicyclic) bond motifs is 1. The molecule has 8 nitrogen and oxygen atoms in total. The van der Waals surface area contributed by atoms with Crippen molar-refractivity contribution in [1.82, 2.24) is 19.4 Å². The van der Waals surface area contributed by atoms with Gasteiger partial charge in [0.15, 0.2) is 0 Å². The van der Waals surface area contributed by atoms with Crippen molar-refractivity contribution in [2.24, 2.45) is 0 Å². The number of para-hydroxylation sites is 1. The first kappa shape index (κ1) is 25.4. The Morgan fingerprint density at radius 3 is 2.54 bits per heavy atom. The predicted molar refractivity (Wildman–Crippen MR) is 140 cm³/mol. The molecule has 1 aliphatic heterocycles. The lowest BCUT2D eigenvalue weighted by Crippen LogP contribution is -2.51. The Labute approximate surface area is 214 Å². The topological polar surface area (TPSA) is 79.7 Å². The van der Waals surface area contributed by atoms with Gasteiger partial charge >= 0.3 is 6.03 Å². The van der Waals surface area contributed by atoms with Crippen molar-refractivity contribution in [3.05, 3.63) is 68.7 Å². The van der Waals surface area contributed by atoms with Gasteiger partial charge in [-0.05, 0) is 36.8 Å². The highest BCUT2D eigenvalue weighted by Crippen LogP contribution is 2.27. The number of aromatic nitrogens is 2. The summed E-state index contributed by atoms with van der Waals surface area (Å²) in [5.74, 6) is 0.738. The molecule has 0 spiro atoms. The number of nitrogens with zero attached hydrogens (tertiary/aromatic N) is 4. The van der Waals surface area contributed by atoms with Crippen LogP contribution >= 0.6 is 23.2 Å². The van der Waals surface area contributed by atoms with Gasteiger partial charge in [-0.2, -0.15) is 0 Å². The molecule has 1 atom stereocenters. The van der Waals surface area contributed by atoms with E-state index in [-0.39, 0.29) is 17.6 Å². The van der Waals surface area contributed by atoms with Crippen LogP contribution in [-0.2, 0) is 11.3 Å². The second-order valence-corrected chi connectivity index (χ2v) is 9.26. The summed E-state index contributed by atoms with van der Waals surface area (Å²) in [5.41, 5.74) is 1.24. The van der Waals surface area contributed by atoms with Crippen molar-refractivity contribution in [3.8, 4) is 0 Å². The second kappa shape index (κ2) is 11.4. The lowest BCUT2D eigenvalue weighted by molar-refractivity contribution is 0.103. The number of methoxy groups -OCH3 is 1. The molecule has 1 fully saturated rings. The summed E-state index contributed by atoms with van der Waals surface area (Å²) in [6.07, 6.45) is 0.785. The third-order valence-electron chi connectivity index (χ3n) is 6.31. The van der Waals surface area contributed by atoms with Gasteiger partial charge in [0.2, 0.25) is 0 Å². The van der Waals surface area contributed by atoms with E-state index >= 15 is 0 Å². The molecule has 1 unspecified atom stereocenters.